The molecule has 1 heteroatoms. The number of carbonyl (C=O) groups excluding carboxylic acids is 1. The van der Waals surface area contributed by atoms with Crippen molar-refractivity contribution in [3.05, 3.63) is 22.3 Å². The minimum atomic E-state index is -0.0810. The van der Waals surface area contributed by atoms with E-state index >= 15 is 0 Å². The van der Waals surface area contributed by atoms with E-state index in [1.807, 2.05) is 0 Å². The van der Waals surface area contributed by atoms with Gasteiger partial charge in [0.1, 0.15) is 6.29 Å². The molecule has 21 heavy (non-hydrogen) atoms. The highest BCUT2D eigenvalue weighted by Gasteiger charge is 2.52. The summed E-state index contributed by atoms with van der Waals surface area (Å²) in [5, 5.41) is 0. The number of allylic oxidation sites excluding steroid dienone is 4. The minimum absolute atomic E-state index is 0.0810. The zero-order chi connectivity index (χ0) is 15.3. The van der Waals surface area contributed by atoms with Crippen LogP contribution >= 0.6 is 0 Å². The van der Waals surface area contributed by atoms with Crippen LogP contribution in [0, 0.1) is 16.7 Å². The quantitative estimate of drug-likeness (QED) is 0.452. The lowest BCUT2D eigenvalue weighted by Gasteiger charge is -2.55. The van der Waals surface area contributed by atoms with Gasteiger partial charge in [0, 0.05) is 5.41 Å². The molecule has 0 aromatic heterocycles. The smallest absolute Gasteiger partial charge is 0.126 e. The summed E-state index contributed by atoms with van der Waals surface area (Å²) in [6, 6.07) is 0. The number of hydrogen-bond donors (Lipinski definition) is 0. The van der Waals surface area contributed by atoms with E-state index < -0.39 is 0 Å². The van der Waals surface area contributed by atoms with E-state index in [0.29, 0.717) is 11.3 Å². The molecule has 0 heterocycles. The maximum absolute atomic E-state index is 11.8. The van der Waals surface area contributed by atoms with Crippen LogP contribution in [0.15, 0.2) is 22.3 Å². The van der Waals surface area contributed by atoms with Gasteiger partial charge in [0.25, 0.3) is 0 Å². The summed E-state index contributed by atoms with van der Waals surface area (Å²) in [4.78, 5) is 11.8. The highest BCUT2D eigenvalue weighted by Crippen LogP contribution is 2.61. The van der Waals surface area contributed by atoms with Crippen molar-refractivity contribution < 1.29 is 4.79 Å². The second kappa shape index (κ2) is 5.11. The molecule has 0 saturated heterocycles. The Labute approximate surface area is 129 Å². The summed E-state index contributed by atoms with van der Waals surface area (Å²) in [5.41, 5.74) is 6.89. The van der Waals surface area contributed by atoms with Crippen molar-refractivity contribution in [2.24, 2.45) is 16.7 Å². The Kier molecular flexibility index (Phi) is 3.66. The van der Waals surface area contributed by atoms with Crippen LogP contribution in [0.2, 0.25) is 0 Å². The zero-order valence-corrected chi connectivity index (χ0v) is 14.2. The summed E-state index contributed by atoms with van der Waals surface area (Å²) in [6.45, 7) is 9.22. The van der Waals surface area contributed by atoms with Crippen LogP contribution in [-0.4, -0.2) is 6.29 Å². The monoisotopic (exact) mass is 286 g/mol. The van der Waals surface area contributed by atoms with Gasteiger partial charge >= 0.3 is 0 Å². The highest BCUT2D eigenvalue weighted by atomic mass is 16.1. The molecule has 0 amide bonds. The summed E-state index contributed by atoms with van der Waals surface area (Å²) in [7, 11) is 0. The molecule has 0 aromatic carbocycles. The molecule has 0 radical (unpaired) electrons. The molecular weight excluding hydrogens is 256 g/mol. The second-order valence-electron chi connectivity index (χ2n) is 8.35. The number of rotatable bonds is 1. The van der Waals surface area contributed by atoms with Crippen LogP contribution in [0.1, 0.15) is 79.1 Å². The molecule has 1 saturated carbocycles. The van der Waals surface area contributed by atoms with E-state index in [0.717, 1.165) is 6.42 Å². The SMILES string of the molecule is CC(C)=C1CCC2=C(CCC3C(C)(C=O)CCCC23C)C1. The Morgan fingerprint density at radius 3 is 2.57 bits per heavy atom. The molecule has 1 nitrogen and oxygen atoms in total. The Morgan fingerprint density at radius 2 is 1.90 bits per heavy atom. The topological polar surface area (TPSA) is 17.1 Å². The molecule has 116 valence electrons. The molecule has 1 fully saturated rings. The van der Waals surface area contributed by atoms with E-state index in [4.69, 9.17) is 0 Å². The van der Waals surface area contributed by atoms with Gasteiger partial charge in [-0.2, -0.15) is 0 Å². The van der Waals surface area contributed by atoms with Crippen molar-refractivity contribution in [1.29, 1.82) is 0 Å². The lowest BCUT2D eigenvalue weighted by Crippen LogP contribution is -2.48. The maximum atomic E-state index is 11.8. The Balaban J connectivity index is 2.00. The third kappa shape index (κ3) is 2.24. The van der Waals surface area contributed by atoms with Crippen molar-refractivity contribution in [3.8, 4) is 0 Å². The van der Waals surface area contributed by atoms with Crippen LogP contribution in [0.4, 0.5) is 0 Å². The second-order valence-corrected chi connectivity index (χ2v) is 8.35. The van der Waals surface area contributed by atoms with E-state index in [9.17, 15) is 4.79 Å². The van der Waals surface area contributed by atoms with E-state index in [1.54, 1.807) is 16.7 Å². The van der Waals surface area contributed by atoms with Gasteiger partial charge in [-0.25, -0.2) is 0 Å². The van der Waals surface area contributed by atoms with Crippen molar-refractivity contribution >= 4 is 6.29 Å². The first-order valence-electron chi connectivity index (χ1n) is 8.73. The number of fused-ring (bicyclic) bond motifs is 2. The maximum Gasteiger partial charge on any atom is 0.126 e. The molecule has 3 aliphatic rings. The van der Waals surface area contributed by atoms with Gasteiger partial charge in [0.15, 0.2) is 0 Å². The normalized spacial score (nSPS) is 39.6. The fraction of sp³-hybridized carbons (Fsp3) is 0.750. The molecular formula is C20H30O. The van der Waals surface area contributed by atoms with Gasteiger partial charge in [-0.15, -0.1) is 0 Å². The Bertz CT molecular complexity index is 520. The van der Waals surface area contributed by atoms with Crippen LogP contribution < -0.4 is 0 Å². The van der Waals surface area contributed by atoms with Crippen molar-refractivity contribution in [3.63, 3.8) is 0 Å². The largest absolute Gasteiger partial charge is 0.303 e. The minimum Gasteiger partial charge on any atom is -0.303 e. The van der Waals surface area contributed by atoms with Gasteiger partial charge in [-0.3, -0.25) is 0 Å². The fourth-order valence-electron chi connectivity index (χ4n) is 5.64. The standard InChI is InChI=1S/C20H30O/c1-14(2)15-6-8-17-16(12-15)7-9-18-19(3,13-21)10-5-11-20(17,18)4/h13,18H,5-12H2,1-4H3. The van der Waals surface area contributed by atoms with Gasteiger partial charge in [0.05, 0.1) is 0 Å². The van der Waals surface area contributed by atoms with Crippen molar-refractivity contribution in [2.75, 3.05) is 0 Å². The molecule has 0 N–H and O–H groups in total. The van der Waals surface area contributed by atoms with Crippen LogP contribution in [0.5, 0.6) is 0 Å². The number of carbonyl (C=O) groups is 1. The Morgan fingerprint density at radius 1 is 1.14 bits per heavy atom. The molecule has 0 bridgehead atoms. The Hall–Kier alpha value is -0.850. The number of aldehydes is 1. The average Bonchev–Trinajstić information content (AvgIpc) is 2.46. The van der Waals surface area contributed by atoms with Gasteiger partial charge < -0.3 is 4.79 Å². The van der Waals surface area contributed by atoms with Crippen LogP contribution in [0.3, 0.4) is 0 Å². The molecule has 0 spiro atoms. The fourth-order valence-corrected chi connectivity index (χ4v) is 5.64. The van der Waals surface area contributed by atoms with Crippen LogP contribution in [0.25, 0.3) is 0 Å². The lowest BCUT2D eigenvalue weighted by atomic mass is 9.48. The summed E-state index contributed by atoms with van der Waals surface area (Å²) in [6.07, 6.45) is 11.1. The first kappa shape index (κ1) is 15.1. The first-order chi connectivity index (χ1) is 9.90. The lowest BCUT2D eigenvalue weighted by molar-refractivity contribution is -0.125. The zero-order valence-electron chi connectivity index (χ0n) is 14.2. The summed E-state index contributed by atoms with van der Waals surface area (Å²) < 4.78 is 0. The molecule has 0 aromatic rings. The highest BCUT2D eigenvalue weighted by molar-refractivity contribution is 5.60. The molecule has 0 aliphatic heterocycles. The summed E-state index contributed by atoms with van der Waals surface area (Å²) in [5.74, 6) is 0.572. The average molecular weight is 286 g/mol. The first-order valence-corrected chi connectivity index (χ1v) is 8.73. The predicted octanol–water partition coefficient (Wildman–Crippen LogP) is 5.61. The van der Waals surface area contributed by atoms with E-state index in [2.05, 4.69) is 27.7 Å². The van der Waals surface area contributed by atoms with Crippen molar-refractivity contribution in [2.45, 2.75) is 79.1 Å². The van der Waals surface area contributed by atoms with Gasteiger partial charge in [-0.05, 0) is 70.1 Å². The molecule has 3 rings (SSSR count). The van der Waals surface area contributed by atoms with E-state index in [-0.39, 0.29) is 5.41 Å². The predicted molar refractivity (Wildman–Crippen MR) is 88.1 cm³/mol. The van der Waals surface area contributed by atoms with E-state index in [1.165, 1.54) is 56.8 Å². The summed E-state index contributed by atoms with van der Waals surface area (Å²) >= 11 is 0. The van der Waals surface area contributed by atoms with Gasteiger partial charge in [-0.1, -0.05) is 42.6 Å². The van der Waals surface area contributed by atoms with Crippen LogP contribution in [-0.2, 0) is 4.79 Å². The molecule has 3 atom stereocenters. The third-order valence-electron chi connectivity index (χ3n) is 6.91. The molecule has 3 aliphatic carbocycles. The molecule has 3 unspecified atom stereocenters. The van der Waals surface area contributed by atoms with Gasteiger partial charge in [0.2, 0.25) is 0 Å². The number of hydrogen-bond acceptors (Lipinski definition) is 1. The third-order valence-corrected chi connectivity index (χ3v) is 6.91. The van der Waals surface area contributed by atoms with Crippen molar-refractivity contribution in [1.82, 2.24) is 0 Å².